The van der Waals surface area contributed by atoms with Gasteiger partial charge in [0.25, 0.3) is 5.91 Å². The SMILES string of the molecule is CCc1ccccc1NC(=O)c1sc2cccc(F)c2c1COC. The average molecular weight is 343 g/mol. The molecule has 3 aromatic rings. The van der Waals surface area contributed by atoms with Gasteiger partial charge in [0, 0.05) is 28.4 Å². The molecule has 0 bridgehead atoms. The molecule has 1 amide bonds. The minimum atomic E-state index is -0.330. The van der Waals surface area contributed by atoms with Gasteiger partial charge in [-0.3, -0.25) is 4.79 Å². The second-order valence-electron chi connectivity index (χ2n) is 5.42. The normalized spacial score (nSPS) is 11.0. The monoisotopic (exact) mass is 343 g/mol. The molecule has 0 aliphatic rings. The van der Waals surface area contributed by atoms with Crippen molar-refractivity contribution in [3.05, 3.63) is 64.3 Å². The molecule has 0 aliphatic carbocycles. The Morgan fingerprint density at radius 1 is 1.21 bits per heavy atom. The second kappa shape index (κ2) is 7.11. The predicted molar refractivity (Wildman–Crippen MR) is 96.3 cm³/mol. The topological polar surface area (TPSA) is 38.3 Å². The largest absolute Gasteiger partial charge is 0.380 e. The maximum absolute atomic E-state index is 14.2. The molecular formula is C19H18FNO2S. The van der Waals surface area contributed by atoms with Crippen molar-refractivity contribution in [1.29, 1.82) is 0 Å². The van der Waals surface area contributed by atoms with Gasteiger partial charge in [-0.15, -0.1) is 11.3 Å². The number of hydrogen-bond donors (Lipinski definition) is 1. The van der Waals surface area contributed by atoms with Gasteiger partial charge in [-0.1, -0.05) is 31.2 Å². The number of anilines is 1. The van der Waals surface area contributed by atoms with Crippen LogP contribution < -0.4 is 5.32 Å². The number of thiophene rings is 1. The van der Waals surface area contributed by atoms with Gasteiger partial charge in [0.05, 0.1) is 11.5 Å². The lowest BCUT2D eigenvalue weighted by Crippen LogP contribution is -2.13. The molecule has 0 radical (unpaired) electrons. The zero-order valence-electron chi connectivity index (χ0n) is 13.6. The summed E-state index contributed by atoms with van der Waals surface area (Å²) in [5.41, 5.74) is 2.44. The Hall–Kier alpha value is -2.24. The summed E-state index contributed by atoms with van der Waals surface area (Å²) in [6.45, 7) is 2.23. The minimum absolute atomic E-state index is 0.194. The van der Waals surface area contributed by atoms with E-state index < -0.39 is 0 Å². The molecule has 0 fully saturated rings. The van der Waals surface area contributed by atoms with E-state index in [1.807, 2.05) is 37.3 Å². The molecule has 3 rings (SSSR count). The van der Waals surface area contributed by atoms with Crippen LogP contribution in [-0.2, 0) is 17.8 Å². The molecule has 0 atom stereocenters. The minimum Gasteiger partial charge on any atom is -0.380 e. The lowest BCUT2D eigenvalue weighted by Gasteiger charge is -2.10. The van der Waals surface area contributed by atoms with Gasteiger partial charge in [-0.05, 0) is 30.2 Å². The molecule has 0 unspecified atom stereocenters. The number of ether oxygens (including phenoxy) is 1. The lowest BCUT2D eigenvalue weighted by atomic mass is 10.1. The van der Waals surface area contributed by atoms with Crippen LogP contribution in [0.1, 0.15) is 27.7 Å². The van der Waals surface area contributed by atoms with E-state index in [0.29, 0.717) is 15.8 Å². The van der Waals surface area contributed by atoms with Crippen molar-refractivity contribution in [2.24, 2.45) is 0 Å². The van der Waals surface area contributed by atoms with E-state index in [-0.39, 0.29) is 18.3 Å². The van der Waals surface area contributed by atoms with Crippen molar-refractivity contribution < 1.29 is 13.9 Å². The number of aryl methyl sites for hydroxylation is 1. The zero-order chi connectivity index (χ0) is 17.1. The van der Waals surface area contributed by atoms with Gasteiger partial charge in [0.15, 0.2) is 0 Å². The third-order valence-electron chi connectivity index (χ3n) is 3.90. The fraction of sp³-hybridized carbons (Fsp3) is 0.211. The highest BCUT2D eigenvalue weighted by Crippen LogP contribution is 2.34. The number of methoxy groups -OCH3 is 1. The third kappa shape index (κ3) is 3.05. The standard InChI is InChI=1S/C19H18FNO2S/c1-3-12-7-4-5-9-15(12)21-19(22)18-13(11-23-2)17-14(20)8-6-10-16(17)24-18/h4-10H,3,11H2,1-2H3,(H,21,22). The van der Waals surface area contributed by atoms with E-state index >= 15 is 0 Å². The smallest absolute Gasteiger partial charge is 0.266 e. The van der Waals surface area contributed by atoms with Crippen molar-refractivity contribution in [2.45, 2.75) is 20.0 Å². The van der Waals surface area contributed by atoms with Crippen molar-refractivity contribution in [3.8, 4) is 0 Å². The highest BCUT2D eigenvalue weighted by molar-refractivity contribution is 7.21. The first-order valence-corrected chi connectivity index (χ1v) is 8.55. The first kappa shape index (κ1) is 16.6. The van der Waals surface area contributed by atoms with Crippen LogP contribution in [0.3, 0.4) is 0 Å². The van der Waals surface area contributed by atoms with Crippen molar-refractivity contribution in [3.63, 3.8) is 0 Å². The first-order chi connectivity index (χ1) is 11.7. The summed E-state index contributed by atoms with van der Waals surface area (Å²) in [5.74, 6) is -0.563. The van der Waals surface area contributed by atoms with E-state index in [1.54, 1.807) is 13.2 Å². The van der Waals surface area contributed by atoms with Crippen LogP contribution in [-0.4, -0.2) is 13.0 Å². The molecule has 1 aromatic heterocycles. The Kier molecular flexibility index (Phi) is 4.92. The zero-order valence-corrected chi connectivity index (χ0v) is 14.4. The molecule has 0 spiro atoms. The highest BCUT2D eigenvalue weighted by atomic mass is 32.1. The molecule has 0 saturated heterocycles. The van der Waals surface area contributed by atoms with Crippen LogP contribution in [0.15, 0.2) is 42.5 Å². The van der Waals surface area contributed by atoms with E-state index in [9.17, 15) is 9.18 Å². The number of halogens is 1. The number of amides is 1. The van der Waals surface area contributed by atoms with Gasteiger partial charge < -0.3 is 10.1 Å². The first-order valence-electron chi connectivity index (χ1n) is 7.73. The highest BCUT2D eigenvalue weighted by Gasteiger charge is 2.21. The van der Waals surface area contributed by atoms with Gasteiger partial charge in [-0.2, -0.15) is 0 Å². The van der Waals surface area contributed by atoms with Gasteiger partial charge >= 0.3 is 0 Å². The summed E-state index contributed by atoms with van der Waals surface area (Å²) < 4.78 is 20.2. The maximum Gasteiger partial charge on any atom is 0.266 e. The predicted octanol–water partition coefficient (Wildman–Crippen LogP) is 5.00. The van der Waals surface area contributed by atoms with Crippen LogP contribution in [0.4, 0.5) is 10.1 Å². The Labute approximate surface area is 144 Å². The second-order valence-corrected chi connectivity index (χ2v) is 6.47. The van der Waals surface area contributed by atoms with Crippen molar-refractivity contribution in [1.82, 2.24) is 0 Å². The summed E-state index contributed by atoms with van der Waals surface area (Å²) in [6.07, 6.45) is 0.822. The Balaban J connectivity index is 2.03. The summed E-state index contributed by atoms with van der Waals surface area (Å²) in [7, 11) is 1.54. The number of hydrogen-bond acceptors (Lipinski definition) is 3. The number of nitrogens with one attached hydrogen (secondary N) is 1. The maximum atomic E-state index is 14.2. The quantitative estimate of drug-likeness (QED) is 0.708. The van der Waals surface area contributed by atoms with Gasteiger partial charge in [0.2, 0.25) is 0 Å². The summed E-state index contributed by atoms with van der Waals surface area (Å²) in [5, 5.41) is 3.42. The average Bonchev–Trinajstić information content (AvgIpc) is 2.96. The molecule has 24 heavy (non-hydrogen) atoms. The number of carbonyl (C=O) groups is 1. The molecule has 124 valence electrons. The van der Waals surface area contributed by atoms with Gasteiger partial charge in [-0.25, -0.2) is 4.39 Å². The third-order valence-corrected chi connectivity index (χ3v) is 5.10. The number of para-hydroxylation sites is 1. The van der Waals surface area contributed by atoms with E-state index in [4.69, 9.17) is 4.74 Å². The molecule has 1 heterocycles. The molecule has 0 saturated carbocycles. The van der Waals surface area contributed by atoms with Crippen LogP contribution in [0.5, 0.6) is 0 Å². The molecule has 3 nitrogen and oxygen atoms in total. The lowest BCUT2D eigenvalue weighted by molar-refractivity contribution is 0.102. The molecule has 0 aliphatic heterocycles. The summed E-state index contributed by atoms with van der Waals surface area (Å²) >= 11 is 1.29. The molecule has 2 aromatic carbocycles. The Morgan fingerprint density at radius 2 is 2.00 bits per heavy atom. The van der Waals surface area contributed by atoms with Crippen LogP contribution in [0.2, 0.25) is 0 Å². The molecule has 1 N–H and O–H groups in total. The number of rotatable bonds is 5. The number of fused-ring (bicyclic) bond motifs is 1. The van der Waals surface area contributed by atoms with Crippen molar-refractivity contribution in [2.75, 3.05) is 12.4 Å². The molecule has 5 heteroatoms. The fourth-order valence-electron chi connectivity index (χ4n) is 2.76. The Morgan fingerprint density at radius 3 is 2.75 bits per heavy atom. The van der Waals surface area contributed by atoms with Gasteiger partial charge in [0.1, 0.15) is 5.82 Å². The summed E-state index contributed by atoms with van der Waals surface area (Å²) in [4.78, 5) is 13.3. The van der Waals surface area contributed by atoms with E-state index in [0.717, 1.165) is 22.4 Å². The van der Waals surface area contributed by atoms with Crippen molar-refractivity contribution >= 4 is 33.0 Å². The van der Waals surface area contributed by atoms with E-state index in [2.05, 4.69) is 5.32 Å². The van der Waals surface area contributed by atoms with Crippen LogP contribution >= 0.6 is 11.3 Å². The number of benzene rings is 2. The van der Waals surface area contributed by atoms with Crippen LogP contribution in [0.25, 0.3) is 10.1 Å². The molecular weight excluding hydrogens is 325 g/mol. The van der Waals surface area contributed by atoms with Crippen LogP contribution in [0, 0.1) is 5.82 Å². The Bertz CT molecular complexity index is 888. The van der Waals surface area contributed by atoms with E-state index in [1.165, 1.54) is 17.4 Å². The summed E-state index contributed by atoms with van der Waals surface area (Å²) in [6, 6.07) is 12.6. The number of carbonyl (C=O) groups excluding carboxylic acids is 1. The fourth-order valence-corrected chi connectivity index (χ4v) is 3.88.